The van der Waals surface area contributed by atoms with Crippen LogP contribution in [0, 0.1) is 5.92 Å². The first-order chi connectivity index (χ1) is 7.63. The molecule has 6 heteroatoms. The molecule has 1 amide bonds. The molecule has 1 N–H and O–H groups in total. The van der Waals surface area contributed by atoms with Crippen molar-refractivity contribution in [3.63, 3.8) is 0 Å². The number of hydrogen-bond donors (Lipinski definition) is 1. The van der Waals surface area contributed by atoms with Crippen molar-refractivity contribution < 1.29 is 17.4 Å². The summed E-state index contributed by atoms with van der Waals surface area (Å²) in [6.45, 7) is 7.39. The third-order valence-electron chi connectivity index (χ3n) is 2.75. The molecule has 0 fully saturated rings. The summed E-state index contributed by atoms with van der Waals surface area (Å²) in [6.07, 6.45) is 1.09. The third-order valence-corrected chi connectivity index (χ3v) is 3.96. The van der Waals surface area contributed by atoms with Crippen molar-refractivity contribution in [2.75, 3.05) is 12.9 Å². The largest absolute Gasteiger partial charge is 0.351 e. The zero-order valence-electron chi connectivity index (χ0n) is 11.2. The van der Waals surface area contributed by atoms with Crippen LogP contribution in [0.4, 0.5) is 0 Å². The molecule has 5 nitrogen and oxygen atoms in total. The van der Waals surface area contributed by atoms with E-state index in [1.165, 1.54) is 0 Å². The zero-order valence-corrected chi connectivity index (χ0v) is 12.1. The maximum absolute atomic E-state index is 11.7. The first kappa shape index (κ1) is 16.4. The van der Waals surface area contributed by atoms with E-state index in [-0.39, 0.29) is 17.6 Å². The quantitative estimate of drug-likeness (QED) is 0.704. The Bertz CT molecular complexity index is 348. The van der Waals surface area contributed by atoms with Crippen LogP contribution in [-0.2, 0) is 19.1 Å². The highest BCUT2D eigenvalue weighted by molar-refractivity contribution is 7.86. The molecular formula is C11H23NO4S. The van der Waals surface area contributed by atoms with Gasteiger partial charge in [-0.05, 0) is 26.7 Å². The number of rotatable bonds is 7. The Morgan fingerprint density at radius 3 is 2.35 bits per heavy atom. The molecule has 0 saturated heterocycles. The lowest BCUT2D eigenvalue weighted by Gasteiger charge is -2.27. The van der Waals surface area contributed by atoms with Gasteiger partial charge in [0.1, 0.15) is 0 Å². The molecule has 0 saturated carbocycles. The SMILES string of the molecule is CCC(C)C(=O)NC(C)(C)CCS(=O)(=O)OC. The van der Waals surface area contributed by atoms with Crippen LogP contribution >= 0.6 is 0 Å². The van der Waals surface area contributed by atoms with Gasteiger partial charge in [0.05, 0.1) is 12.9 Å². The van der Waals surface area contributed by atoms with Gasteiger partial charge >= 0.3 is 0 Å². The highest BCUT2D eigenvalue weighted by Crippen LogP contribution is 2.13. The lowest BCUT2D eigenvalue weighted by atomic mass is 9.99. The van der Waals surface area contributed by atoms with Gasteiger partial charge in [-0.2, -0.15) is 8.42 Å². The normalized spacial score (nSPS) is 14.4. The Morgan fingerprint density at radius 1 is 1.41 bits per heavy atom. The fraction of sp³-hybridized carbons (Fsp3) is 0.909. The minimum atomic E-state index is -3.47. The second-order valence-electron chi connectivity index (χ2n) is 4.86. The van der Waals surface area contributed by atoms with Crippen LogP contribution in [-0.4, -0.2) is 32.7 Å². The van der Waals surface area contributed by atoms with Gasteiger partial charge in [-0.25, -0.2) is 0 Å². The Morgan fingerprint density at radius 2 is 1.94 bits per heavy atom. The molecular weight excluding hydrogens is 242 g/mol. The summed E-state index contributed by atoms with van der Waals surface area (Å²) in [7, 11) is -2.33. The van der Waals surface area contributed by atoms with Gasteiger partial charge in [0, 0.05) is 11.5 Å². The summed E-state index contributed by atoms with van der Waals surface area (Å²) in [5, 5.41) is 2.84. The Labute approximate surface area is 104 Å². The van der Waals surface area contributed by atoms with E-state index in [1.54, 1.807) is 13.8 Å². The molecule has 0 aromatic carbocycles. The van der Waals surface area contributed by atoms with Crippen LogP contribution < -0.4 is 5.32 Å². The van der Waals surface area contributed by atoms with E-state index in [9.17, 15) is 13.2 Å². The second-order valence-corrected chi connectivity index (χ2v) is 6.72. The van der Waals surface area contributed by atoms with Crippen LogP contribution in [0.25, 0.3) is 0 Å². The zero-order chi connectivity index (χ0) is 13.7. The second kappa shape index (κ2) is 6.35. The van der Waals surface area contributed by atoms with Crippen LogP contribution in [0.3, 0.4) is 0 Å². The van der Waals surface area contributed by atoms with E-state index in [4.69, 9.17) is 0 Å². The Kier molecular flexibility index (Phi) is 6.12. The molecule has 0 bridgehead atoms. The van der Waals surface area contributed by atoms with Crippen molar-refractivity contribution >= 4 is 16.0 Å². The molecule has 0 aliphatic rings. The van der Waals surface area contributed by atoms with E-state index in [0.717, 1.165) is 13.5 Å². The van der Waals surface area contributed by atoms with Gasteiger partial charge in [-0.15, -0.1) is 0 Å². The fourth-order valence-corrected chi connectivity index (χ4v) is 2.10. The predicted molar refractivity (Wildman–Crippen MR) is 67.1 cm³/mol. The summed E-state index contributed by atoms with van der Waals surface area (Å²) in [4.78, 5) is 11.7. The molecule has 0 radical (unpaired) electrons. The van der Waals surface area contributed by atoms with Crippen molar-refractivity contribution in [2.24, 2.45) is 5.92 Å². The highest BCUT2D eigenvalue weighted by Gasteiger charge is 2.25. The van der Waals surface area contributed by atoms with E-state index in [2.05, 4.69) is 9.50 Å². The van der Waals surface area contributed by atoms with E-state index < -0.39 is 15.7 Å². The maximum Gasteiger partial charge on any atom is 0.267 e. The maximum atomic E-state index is 11.7. The standard InChI is InChI=1S/C11H23NO4S/c1-6-9(2)10(13)12-11(3,4)7-8-17(14,15)16-5/h9H,6-8H2,1-5H3,(H,12,13). The molecule has 0 aromatic rings. The number of nitrogens with one attached hydrogen (secondary N) is 1. The molecule has 0 aliphatic carbocycles. The summed E-state index contributed by atoms with van der Waals surface area (Å²) in [6, 6.07) is 0. The number of hydrogen-bond acceptors (Lipinski definition) is 4. The van der Waals surface area contributed by atoms with E-state index >= 15 is 0 Å². The third kappa shape index (κ3) is 6.63. The number of carbonyl (C=O) groups is 1. The summed E-state index contributed by atoms with van der Waals surface area (Å²) >= 11 is 0. The van der Waals surface area contributed by atoms with Crippen LogP contribution in [0.5, 0.6) is 0 Å². The topological polar surface area (TPSA) is 72.5 Å². The van der Waals surface area contributed by atoms with Crippen molar-refractivity contribution in [1.82, 2.24) is 5.32 Å². The van der Waals surface area contributed by atoms with Gasteiger partial charge in [0.2, 0.25) is 5.91 Å². The summed E-state index contributed by atoms with van der Waals surface area (Å²) in [5.74, 6) is -0.210. The Balaban J connectivity index is 4.35. The predicted octanol–water partition coefficient (Wildman–Crippen LogP) is 1.29. The molecule has 102 valence electrons. The summed E-state index contributed by atoms with van der Waals surface area (Å²) < 4.78 is 26.7. The molecule has 0 aromatic heterocycles. The average Bonchev–Trinajstić information content (AvgIpc) is 2.25. The molecule has 0 spiro atoms. The molecule has 0 aliphatic heterocycles. The van der Waals surface area contributed by atoms with Crippen LogP contribution in [0.1, 0.15) is 40.5 Å². The Hall–Kier alpha value is -0.620. The molecule has 0 heterocycles. The number of amides is 1. The number of carbonyl (C=O) groups excluding carboxylic acids is 1. The molecule has 17 heavy (non-hydrogen) atoms. The summed E-state index contributed by atoms with van der Waals surface area (Å²) in [5.41, 5.74) is -0.549. The van der Waals surface area contributed by atoms with Gasteiger partial charge < -0.3 is 5.32 Å². The van der Waals surface area contributed by atoms with Crippen molar-refractivity contribution in [3.8, 4) is 0 Å². The van der Waals surface area contributed by atoms with E-state index in [0.29, 0.717) is 6.42 Å². The van der Waals surface area contributed by atoms with Crippen molar-refractivity contribution in [2.45, 2.75) is 46.1 Å². The minimum Gasteiger partial charge on any atom is -0.351 e. The minimum absolute atomic E-state index is 0.0488. The van der Waals surface area contributed by atoms with Crippen molar-refractivity contribution in [3.05, 3.63) is 0 Å². The van der Waals surface area contributed by atoms with Gasteiger partial charge in [-0.1, -0.05) is 13.8 Å². The highest BCUT2D eigenvalue weighted by atomic mass is 32.2. The van der Waals surface area contributed by atoms with Gasteiger partial charge in [-0.3, -0.25) is 8.98 Å². The first-order valence-corrected chi connectivity index (χ1v) is 7.31. The van der Waals surface area contributed by atoms with E-state index in [1.807, 2.05) is 13.8 Å². The van der Waals surface area contributed by atoms with Crippen LogP contribution in [0.2, 0.25) is 0 Å². The van der Waals surface area contributed by atoms with Gasteiger partial charge in [0.25, 0.3) is 10.1 Å². The lowest BCUT2D eigenvalue weighted by molar-refractivity contribution is -0.126. The van der Waals surface area contributed by atoms with Gasteiger partial charge in [0.15, 0.2) is 0 Å². The van der Waals surface area contributed by atoms with Crippen molar-refractivity contribution in [1.29, 1.82) is 0 Å². The molecule has 1 atom stereocenters. The average molecular weight is 265 g/mol. The molecule has 1 unspecified atom stereocenters. The van der Waals surface area contributed by atoms with Crippen LogP contribution in [0.15, 0.2) is 0 Å². The lowest BCUT2D eigenvalue weighted by Crippen LogP contribution is -2.46. The smallest absolute Gasteiger partial charge is 0.267 e. The fourth-order valence-electron chi connectivity index (χ4n) is 1.17. The first-order valence-electron chi connectivity index (χ1n) is 5.74. The molecule has 0 rings (SSSR count). The monoisotopic (exact) mass is 265 g/mol.